The van der Waals surface area contributed by atoms with Crippen molar-refractivity contribution >= 4 is 38.3 Å². The minimum Gasteiger partial charge on any atom is -0.465 e. The molecule has 131 heavy (non-hydrogen) atoms. The lowest BCUT2D eigenvalue weighted by Crippen LogP contribution is -2.47. The van der Waals surface area contributed by atoms with E-state index in [4.69, 9.17) is 53.8 Å². The van der Waals surface area contributed by atoms with Crippen LogP contribution in [0.1, 0.15) is 436 Å². The number of hydrogen-bond donors (Lipinski definition) is 6. The quantitative estimate of drug-likeness (QED) is 0.0316. The molecule has 0 bridgehead atoms. The molecule has 6 N–H and O–H groups in total. The molecular weight excluding hydrogens is 1640 g/mol. The molecule has 6 aliphatic carbocycles. The Kier molecular flexibility index (Phi) is 54.7. The summed E-state index contributed by atoms with van der Waals surface area (Å²) in [6.45, 7) is 21.4. The first-order chi connectivity index (χ1) is 63.1. The van der Waals surface area contributed by atoms with Gasteiger partial charge in [-0.15, -0.1) is 12.3 Å². The molecule has 0 radical (unpaired) electrons. The maximum absolute atomic E-state index is 12.3. The largest absolute Gasteiger partial charge is 0.465 e. The number of benzene rings is 4. The van der Waals surface area contributed by atoms with E-state index in [9.17, 15) is 35.4 Å². The summed E-state index contributed by atoms with van der Waals surface area (Å²) >= 11 is 0. The predicted molar refractivity (Wildman–Crippen MR) is 536 cm³/mol. The zero-order valence-electron chi connectivity index (χ0n) is 83.5. The first kappa shape index (κ1) is 112. The molecule has 10 aliphatic rings. The number of ether oxygens (including phenoxy) is 10. The third kappa shape index (κ3) is 39.8. The fraction of sp³-hybridized carbons (Fsp3) is 0.833. The van der Waals surface area contributed by atoms with Crippen LogP contribution < -0.4 is 4.74 Å². The summed E-state index contributed by atoms with van der Waals surface area (Å²) in [5.41, 5.74) is 0. The normalized spacial score (nSPS) is 34.0. The number of esters is 1. The van der Waals surface area contributed by atoms with Gasteiger partial charge in [0, 0.05) is 17.2 Å². The van der Waals surface area contributed by atoms with Crippen LogP contribution in [-0.2, 0) is 47.4 Å². The van der Waals surface area contributed by atoms with Gasteiger partial charge in [-0.05, 0) is 206 Å². The maximum atomic E-state index is 12.3. The summed E-state index contributed by atoms with van der Waals surface area (Å²) in [6, 6.07) is 19.0. The summed E-state index contributed by atoms with van der Waals surface area (Å²) in [5.74, 6) is 4.44. The molecule has 0 spiro atoms. The number of aliphatic hydroxyl groups excluding tert-OH is 6. The van der Waals surface area contributed by atoms with Crippen molar-refractivity contribution in [3.63, 3.8) is 0 Å². The van der Waals surface area contributed by atoms with Crippen LogP contribution in [0.25, 0.3) is 32.3 Å². The number of rotatable bonds is 13. The van der Waals surface area contributed by atoms with E-state index in [2.05, 4.69) is 75.2 Å². The minimum absolute atomic E-state index is 0. The van der Waals surface area contributed by atoms with E-state index >= 15 is 0 Å². The molecule has 4 heterocycles. The number of carbonyl (C=O) groups excluding carboxylic acids is 1. The lowest BCUT2D eigenvalue weighted by atomic mass is 9.85. The maximum Gasteiger partial charge on any atom is 0.311 e. The van der Waals surface area contributed by atoms with Crippen LogP contribution in [0, 0.1) is 53.8 Å². The van der Waals surface area contributed by atoms with E-state index < -0.39 is 37.2 Å². The van der Waals surface area contributed by atoms with Gasteiger partial charge in [-0.2, -0.15) is 0 Å². The standard InChI is InChI=1S/C23H22O3.C22H42O2.C19H34O5.2C19H36O2.C11H18O3.CH4/c1-13-12-14(2)25-23(22(13)24)26-19-11-9-17-7-6-15-4-3-5-16-8-10-18(19)21(17)20(15)16;1-19-15-14-18-21(22(19)23)24-20-16-12-10-8-6-4-2-3-5-7-9-11-13-17-20;1-13-12-14(2)23-19(17(13)20)24-16-10-8-6-4-5-7-9-11-22-18(21)15(16)3;2*1-16-12-11-15-18(19(16)20)21-17-13-9-7-5-3-2-4-6-8-10-14-17;1-4-5-6-13-11-10(12)8(2)7-9(3)14-11;/h3-11,13-14,22-24H,12H2,1-2H3;19-23H,2-18H2,1H3;13-17,19-20H,4-12H2,1-3H3;2*16-20H,2-15H2,1H3;1,8-12H,5-7H2,2-3H3;1H4/t13?,14?,22-,23+;19?,21?,22-;13?,14?,15-,16?,17-,19+;2*16?,18?,19-;8?,9?,10-,11-;/m111111./s1. The van der Waals surface area contributed by atoms with E-state index in [1.807, 2.05) is 54.5 Å². The van der Waals surface area contributed by atoms with Crippen molar-refractivity contribution in [2.45, 2.75) is 553 Å². The summed E-state index contributed by atoms with van der Waals surface area (Å²) < 4.78 is 59.4. The van der Waals surface area contributed by atoms with Crippen LogP contribution in [0.2, 0.25) is 0 Å². The Morgan fingerprint density at radius 3 is 1.03 bits per heavy atom. The average molecular weight is 1830 g/mol. The zero-order valence-corrected chi connectivity index (χ0v) is 83.5. The molecule has 10 fully saturated rings. The third-order valence-corrected chi connectivity index (χ3v) is 30.8. The highest BCUT2D eigenvalue weighted by Gasteiger charge is 2.41. The van der Waals surface area contributed by atoms with Crippen LogP contribution in [0.3, 0.4) is 0 Å². The summed E-state index contributed by atoms with van der Waals surface area (Å²) in [7, 11) is 0. The van der Waals surface area contributed by atoms with Gasteiger partial charge in [0.2, 0.25) is 6.29 Å². The summed E-state index contributed by atoms with van der Waals surface area (Å²) in [4.78, 5) is 12.3. The smallest absolute Gasteiger partial charge is 0.311 e. The van der Waals surface area contributed by atoms with Crippen LogP contribution >= 0.6 is 0 Å². The molecule has 17 nitrogen and oxygen atoms in total. The van der Waals surface area contributed by atoms with Gasteiger partial charge in [0.25, 0.3) is 0 Å². The number of cyclic esters (lactones) is 1. The highest BCUT2D eigenvalue weighted by Crippen LogP contribution is 2.42. The summed E-state index contributed by atoms with van der Waals surface area (Å²) in [5, 5.41) is 69.0. The number of carbonyl (C=O) groups is 1. The topological polar surface area (TPSA) is 231 Å². The number of hydrogen-bond acceptors (Lipinski definition) is 17. The Morgan fingerprint density at radius 1 is 0.328 bits per heavy atom. The zero-order chi connectivity index (χ0) is 92.8. The van der Waals surface area contributed by atoms with Crippen molar-refractivity contribution < 1.29 is 82.8 Å². The first-order valence-electron chi connectivity index (χ1n) is 54.3. The Hall–Kier alpha value is -3.81. The Labute approximate surface area is 796 Å². The van der Waals surface area contributed by atoms with Gasteiger partial charge in [0.05, 0.1) is 98.5 Å². The van der Waals surface area contributed by atoms with E-state index in [0.717, 1.165) is 101 Å². The van der Waals surface area contributed by atoms with Crippen LogP contribution in [0.5, 0.6) is 5.75 Å². The summed E-state index contributed by atoms with van der Waals surface area (Å²) in [6.07, 6.45) is 72.0. The van der Waals surface area contributed by atoms with Gasteiger partial charge in [-0.3, -0.25) is 4.79 Å². The molecular formula is C114H192O17. The van der Waals surface area contributed by atoms with Gasteiger partial charge < -0.3 is 78.0 Å². The van der Waals surface area contributed by atoms with Crippen molar-refractivity contribution in [2.24, 2.45) is 41.4 Å². The third-order valence-electron chi connectivity index (χ3n) is 30.8. The van der Waals surface area contributed by atoms with E-state index in [1.54, 1.807) is 0 Å². The van der Waals surface area contributed by atoms with E-state index in [1.165, 1.54) is 290 Å². The van der Waals surface area contributed by atoms with Crippen LogP contribution in [-0.4, -0.2) is 166 Å². The molecule has 750 valence electrons. The van der Waals surface area contributed by atoms with Crippen molar-refractivity contribution in [1.29, 1.82) is 0 Å². The second kappa shape index (κ2) is 63.7. The minimum atomic E-state index is -0.656. The lowest BCUT2D eigenvalue weighted by Gasteiger charge is -2.39. The molecule has 17 heteroatoms. The Bertz CT molecular complexity index is 3510. The average Bonchev–Trinajstić information content (AvgIpc) is 0.738. The fourth-order valence-electron chi connectivity index (χ4n) is 22.2. The molecule has 0 amide bonds. The molecule has 13 unspecified atom stereocenters. The molecule has 0 aromatic heterocycles. The lowest BCUT2D eigenvalue weighted by molar-refractivity contribution is -0.272. The molecule has 4 aromatic rings. The van der Waals surface area contributed by atoms with Crippen LogP contribution in [0.15, 0.2) is 54.6 Å². The number of terminal acetylenes is 1. The molecule has 23 atom stereocenters. The monoisotopic (exact) mass is 1830 g/mol. The van der Waals surface area contributed by atoms with Gasteiger partial charge in [-0.25, -0.2) is 0 Å². The van der Waals surface area contributed by atoms with Crippen molar-refractivity contribution in [2.75, 3.05) is 13.2 Å². The fourth-order valence-corrected chi connectivity index (χ4v) is 22.2. The molecule has 14 rings (SSSR count). The highest BCUT2D eigenvalue weighted by atomic mass is 16.7. The molecule has 4 aliphatic heterocycles. The van der Waals surface area contributed by atoms with Gasteiger partial charge >= 0.3 is 5.97 Å². The molecule has 4 saturated heterocycles. The van der Waals surface area contributed by atoms with Crippen molar-refractivity contribution in [1.82, 2.24) is 0 Å². The Morgan fingerprint density at radius 2 is 0.641 bits per heavy atom. The van der Waals surface area contributed by atoms with Crippen molar-refractivity contribution in [3.05, 3.63) is 54.6 Å². The van der Waals surface area contributed by atoms with Crippen molar-refractivity contribution in [3.8, 4) is 18.1 Å². The van der Waals surface area contributed by atoms with Crippen LogP contribution in [0.4, 0.5) is 0 Å². The molecule has 4 aromatic carbocycles. The molecule has 6 saturated carbocycles. The van der Waals surface area contributed by atoms with E-state index in [-0.39, 0.29) is 98.1 Å². The number of aliphatic hydroxyl groups is 6. The van der Waals surface area contributed by atoms with Gasteiger partial charge in [-0.1, -0.05) is 335 Å². The first-order valence-corrected chi connectivity index (χ1v) is 54.3. The highest BCUT2D eigenvalue weighted by molar-refractivity contribution is 6.24. The Balaban J connectivity index is 0.000000195. The van der Waals surface area contributed by atoms with Gasteiger partial charge in [0.1, 0.15) is 24.1 Å². The van der Waals surface area contributed by atoms with Gasteiger partial charge in [0.15, 0.2) is 12.6 Å². The second-order valence-electron chi connectivity index (χ2n) is 42.4. The predicted octanol–water partition coefficient (Wildman–Crippen LogP) is 27.2. The second-order valence-corrected chi connectivity index (χ2v) is 42.4. The van der Waals surface area contributed by atoms with E-state index in [0.29, 0.717) is 55.7 Å². The SMILES string of the molecule is C.C#CCCO[C@@H]1OC(C)CC(C)[C@H]1O.CC1CC(C)[C@@H](O)[C@H](OC2CCCCCCCCOC(=O)[C@@H]2C)O1.CC1CC(C)[C@@H](O)[C@H](Oc2ccc3ccc4cccc5ccc2c3c45)O1.CC1CCCC(OC2CCCCCCCCCCC2)[C@@H]1O.CC1CCCC(OC2CCCCCCCCCCC2)[C@@H]1O.CC1CCCC(OC2CCCCCCCCCCCCCC2)[C@@H]1O.